The van der Waals surface area contributed by atoms with Crippen LogP contribution in [0.4, 0.5) is 5.69 Å². The van der Waals surface area contributed by atoms with E-state index in [1.54, 1.807) is 4.90 Å². The maximum absolute atomic E-state index is 13.4. The molecule has 3 atom stereocenters. The van der Waals surface area contributed by atoms with Crippen LogP contribution < -0.4 is 10.2 Å². The predicted octanol–water partition coefficient (Wildman–Crippen LogP) is 5.42. The van der Waals surface area contributed by atoms with Gasteiger partial charge in [0.1, 0.15) is 6.54 Å². The van der Waals surface area contributed by atoms with Crippen molar-refractivity contribution in [1.82, 2.24) is 5.32 Å². The Labute approximate surface area is 189 Å². The minimum atomic E-state index is -0.118. The van der Waals surface area contributed by atoms with E-state index < -0.39 is 0 Å². The number of anilines is 1. The zero-order valence-corrected chi connectivity index (χ0v) is 19.2. The normalized spacial score (nSPS) is 24.7. The fourth-order valence-electron chi connectivity index (χ4n) is 4.49. The maximum Gasteiger partial charge on any atom is 0.265 e. The number of hydrogen-bond acceptors (Lipinski definition) is 3. The number of para-hydroxylation sites is 1. The molecule has 2 aliphatic rings. The van der Waals surface area contributed by atoms with Gasteiger partial charge in [-0.05, 0) is 54.5 Å². The van der Waals surface area contributed by atoms with Gasteiger partial charge in [-0.2, -0.15) is 0 Å². The molecule has 0 spiro atoms. The van der Waals surface area contributed by atoms with Crippen LogP contribution in [0.1, 0.15) is 44.2 Å². The smallest absolute Gasteiger partial charge is 0.265 e. The molecule has 0 aromatic heterocycles. The number of carbonyl (C=O) groups excluding carboxylic acids is 2. The van der Waals surface area contributed by atoms with Gasteiger partial charge in [0.25, 0.3) is 5.91 Å². The first kappa shape index (κ1) is 21.7. The highest BCUT2D eigenvalue weighted by Gasteiger charge is 2.32. The SMILES string of the molecule is Cc1ccccc1/C=C1\Sc2ccccc2N(CC(=O)N[C@@H]2CCC[C@H](C)[C@H]2C)C1=O. The average Bonchev–Trinajstić information content (AvgIpc) is 2.76. The Morgan fingerprint density at radius 3 is 2.68 bits per heavy atom. The molecule has 0 radical (unpaired) electrons. The first-order valence-corrected chi connectivity index (χ1v) is 11.9. The van der Waals surface area contributed by atoms with Gasteiger partial charge in [0, 0.05) is 10.9 Å². The third-order valence-corrected chi connectivity index (χ3v) is 7.74. The van der Waals surface area contributed by atoms with Crippen molar-refractivity contribution in [1.29, 1.82) is 0 Å². The summed E-state index contributed by atoms with van der Waals surface area (Å²) in [7, 11) is 0. The fourth-order valence-corrected chi connectivity index (χ4v) is 5.54. The van der Waals surface area contributed by atoms with Crippen molar-refractivity contribution >= 4 is 35.3 Å². The summed E-state index contributed by atoms with van der Waals surface area (Å²) in [6.45, 7) is 6.55. The van der Waals surface area contributed by atoms with Gasteiger partial charge in [0.2, 0.25) is 5.91 Å². The second-order valence-electron chi connectivity index (χ2n) is 8.77. The van der Waals surface area contributed by atoms with E-state index in [-0.39, 0.29) is 24.4 Å². The minimum Gasteiger partial charge on any atom is -0.352 e. The molecule has 0 bridgehead atoms. The number of carbonyl (C=O) groups is 2. The van der Waals surface area contributed by atoms with Crippen molar-refractivity contribution in [2.45, 2.75) is 51.0 Å². The Morgan fingerprint density at radius 2 is 1.87 bits per heavy atom. The molecule has 1 aliphatic carbocycles. The molecule has 31 heavy (non-hydrogen) atoms. The van der Waals surface area contributed by atoms with E-state index in [0.717, 1.165) is 34.6 Å². The van der Waals surface area contributed by atoms with Gasteiger partial charge in [0.05, 0.1) is 10.6 Å². The fraction of sp³-hybridized carbons (Fsp3) is 0.385. The van der Waals surface area contributed by atoms with Crippen molar-refractivity contribution in [3.05, 3.63) is 64.6 Å². The summed E-state index contributed by atoms with van der Waals surface area (Å²) in [6.07, 6.45) is 5.31. The summed E-state index contributed by atoms with van der Waals surface area (Å²) in [5, 5.41) is 3.21. The molecule has 4 rings (SSSR count). The topological polar surface area (TPSA) is 49.4 Å². The molecule has 5 heteroatoms. The number of fused-ring (bicyclic) bond motifs is 1. The number of rotatable bonds is 4. The van der Waals surface area contributed by atoms with Gasteiger partial charge >= 0.3 is 0 Å². The van der Waals surface area contributed by atoms with Crippen LogP contribution in [0.25, 0.3) is 6.08 Å². The Balaban J connectivity index is 1.58. The molecule has 2 aromatic rings. The Hall–Kier alpha value is -2.53. The number of amides is 2. The standard InChI is InChI=1S/C26H30N2O2S/c1-17-10-8-12-21(19(17)3)27-25(29)16-28-22-13-6-7-14-23(22)31-24(26(28)30)15-20-11-5-4-9-18(20)2/h4-7,9,11,13-15,17,19,21H,8,10,12,16H2,1-3H3,(H,27,29)/b24-15-/t17-,19+,21+/m0/s1. The van der Waals surface area contributed by atoms with Gasteiger partial charge < -0.3 is 5.32 Å². The number of thioether (sulfide) groups is 1. The summed E-state index contributed by atoms with van der Waals surface area (Å²) < 4.78 is 0. The van der Waals surface area contributed by atoms with E-state index >= 15 is 0 Å². The average molecular weight is 435 g/mol. The third-order valence-electron chi connectivity index (χ3n) is 6.66. The second-order valence-corrected chi connectivity index (χ2v) is 9.85. The first-order valence-electron chi connectivity index (χ1n) is 11.1. The minimum absolute atomic E-state index is 0.0408. The molecular weight excluding hydrogens is 404 g/mol. The van der Waals surface area contributed by atoms with Crippen LogP contribution in [0.2, 0.25) is 0 Å². The summed E-state index contributed by atoms with van der Waals surface area (Å²) in [4.78, 5) is 29.6. The maximum atomic E-state index is 13.4. The van der Waals surface area contributed by atoms with Crippen LogP contribution in [0.15, 0.2) is 58.3 Å². The van der Waals surface area contributed by atoms with Gasteiger partial charge in [-0.25, -0.2) is 0 Å². The Bertz CT molecular complexity index is 1020. The van der Waals surface area contributed by atoms with Crippen LogP contribution in [-0.2, 0) is 9.59 Å². The van der Waals surface area contributed by atoms with E-state index in [0.29, 0.717) is 16.7 Å². The highest BCUT2D eigenvalue weighted by molar-refractivity contribution is 8.04. The van der Waals surface area contributed by atoms with Crippen LogP contribution in [-0.4, -0.2) is 24.4 Å². The van der Waals surface area contributed by atoms with Crippen molar-refractivity contribution in [3.8, 4) is 0 Å². The lowest BCUT2D eigenvalue weighted by Crippen LogP contribution is -2.49. The number of nitrogens with one attached hydrogen (secondary N) is 1. The molecule has 1 aliphatic heterocycles. The van der Waals surface area contributed by atoms with Gasteiger partial charge in [-0.3, -0.25) is 14.5 Å². The van der Waals surface area contributed by atoms with Crippen molar-refractivity contribution in [3.63, 3.8) is 0 Å². The van der Waals surface area contributed by atoms with Crippen molar-refractivity contribution in [2.24, 2.45) is 11.8 Å². The summed E-state index contributed by atoms with van der Waals surface area (Å²) >= 11 is 1.47. The zero-order chi connectivity index (χ0) is 22.0. The van der Waals surface area contributed by atoms with E-state index in [2.05, 4.69) is 19.2 Å². The molecule has 2 aromatic carbocycles. The van der Waals surface area contributed by atoms with E-state index in [1.165, 1.54) is 18.2 Å². The number of benzene rings is 2. The van der Waals surface area contributed by atoms with Crippen LogP contribution in [0.5, 0.6) is 0 Å². The van der Waals surface area contributed by atoms with E-state index in [4.69, 9.17) is 0 Å². The molecule has 162 valence electrons. The molecule has 4 nitrogen and oxygen atoms in total. The molecule has 1 saturated carbocycles. The van der Waals surface area contributed by atoms with Gasteiger partial charge in [0.15, 0.2) is 0 Å². The monoisotopic (exact) mass is 434 g/mol. The summed E-state index contributed by atoms with van der Waals surface area (Å²) in [5.41, 5.74) is 2.94. The van der Waals surface area contributed by atoms with Crippen LogP contribution >= 0.6 is 11.8 Å². The number of aryl methyl sites for hydroxylation is 1. The first-order chi connectivity index (χ1) is 14.9. The van der Waals surface area contributed by atoms with Crippen molar-refractivity contribution < 1.29 is 9.59 Å². The van der Waals surface area contributed by atoms with E-state index in [1.807, 2.05) is 61.5 Å². The quantitative estimate of drug-likeness (QED) is 0.654. The van der Waals surface area contributed by atoms with E-state index in [9.17, 15) is 9.59 Å². The molecule has 2 amide bonds. The largest absolute Gasteiger partial charge is 0.352 e. The van der Waals surface area contributed by atoms with Crippen LogP contribution in [0.3, 0.4) is 0 Å². The molecule has 0 unspecified atom stereocenters. The predicted molar refractivity (Wildman–Crippen MR) is 128 cm³/mol. The Morgan fingerprint density at radius 1 is 1.13 bits per heavy atom. The summed E-state index contributed by atoms with van der Waals surface area (Å²) in [6, 6.07) is 16.0. The number of nitrogens with zero attached hydrogens (tertiary/aromatic N) is 1. The van der Waals surface area contributed by atoms with Gasteiger partial charge in [-0.1, -0.05) is 74.8 Å². The molecule has 1 fully saturated rings. The lowest BCUT2D eigenvalue weighted by Gasteiger charge is -2.35. The lowest BCUT2D eigenvalue weighted by atomic mass is 9.78. The van der Waals surface area contributed by atoms with Crippen molar-refractivity contribution in [2.75, 3.05) is 11.4 Å². The third kappa shape index (κ3) is 4.72. The highest BCUT2D eigenvalue weighted by atomic mass is 32.2. The molecule has 1 heterocycles. The summed E-state index contributed by atoms with van der Waals surface area (Å²) in [5.74, 6) is 0.856. The number of hydrogen-bond donors (Lipinski definition) is 1. The molecular formula is C26H30N2O2S. The Kier molecular flexibility index (Phi) is 6.51. The highest BCUT2D eigenvalue weighted by Crippen LogP contribution is 2.42. The molecule has 0 saturated heterocycles. The van der Waals surface area contributed by atoms with Gasteiger partial charge in [-0.15, -0.1) is 0 Å². The molecule has 1 N–H and O–H groups in total. The second kappa shape index (κ2) is 9.31. The lowest BCUT2D eigenvalue weighted by molar-refractivity contribution is -0.123. The van der Waals surface area contributed by atoms with Crippen LogP contribution in [0, 0.1) is 18.8 Å². The zero-order valence-electron chi connectivity index (χ0n) is 18.4.